The molecule has 1 aliphatic rings. The van der Waals surface area contributed by atoms with Crippen molar-refractivity contribution in [3.8, 4) is 0 Å². The van der Waals surface area contributed by atoms with Crippen LogP contribution in [0.5, 0.6) is 0 Å². The minimum absolute atomic E-state index is 0.0549. The summed E-state index contributed by atoms with van der Waals surface area (Å²) in [7, 11) is 3.42. The van der Waals surface area contributed by atoms with Gasteiger partial charge in [-0.15, -0.1) is 0 Å². The van der Waals surface area contributed by atoms with E-state index in [9.17, 15) is 9.18 Å². The molecule has 0 saturated heterocycles. The van der Waals surface area contributed by atoms with Crippen LogP contribution in [0.4, 0.5) is 10.2 Å². The molecule has 1 amide bonds. The van der Waals surface area contributed by atoms with Gasteiger partial charge in [-0.05, 0) is 24.1 Å². The van der Waals surface area contributed by atoms with Crippen LogP contribution >= 0.6 is 0 Å². The third kappa shape index (κ3) is 2.37. The molecule has 21 heavy (non-hydrogen) atoms. The number of anilines is 1. The van der Waals surface area contributed by atoms with Crippen molar-refractivity contribution in [3.63, 3.8) is 0 Å². The van der Waals surface area contributed by atoms with Gasteiger partial charge in [0.15, 0.2) is 0 Å². The number of nitrogens with zero attached hydrogens (tertiary/aromatic N) is 3. The number of hydrogen-bond acceptors (Lipinski definition) is 3. The molecule has 0 radical (unpaired) electrons. The van der Waals surface area contributed by atoms with Crippen LogP contribution in [0.1, 0.15) is 28.4 Å². The van der Waals surface area contributed by atoms with E-state index in [1.165, 1.54) is 17.0 Å². The maximum absolute atomic E-state index is 13.4. The highest BCUT2D eigenvalue weighted by atomic mass is 19.1. The van der Waals surface area contributed by atoms with Crippen LogP contribution in [-0.2, 0) is 0 Å². The summed E-state index contributed by atoms with van der Waals surface area (Å²) in [6.45, 7) is 0.723. The molecule has 1 aromatic heterocycles. The summed E-state index contributed by atoms with van der Waals surface area (Å²) in [5.74, 6) is 0.349. The van der Waals surface area contributed by atoms with Crippen molar-refractivity contribution in [2.45, 2.75) is 12.5 Å². The average Bonchev–Trinajstić information content (AvgIpc) is 2.90. The molecule has 110 valence electrons. The maximum atomic E-state index is 13.4. The lowest BCUT2D eigenvalue weighted by Crippen LogP contribution is -2.27. The lowest BCUT2D eigenvalue weighted by molar-refractivity contribution is 0.0828. The number of fused-ring (bicyclic) bond motifs is 1. The number of nitrogens with one attached hydrogen (secondary N) is 1. The zero-order valence-corrected chi connectivity index (χ0v) is 12.0. The number of hydrogen-bond donors (Lipinski definition) is 1. The molecule has 1 N–H and O–H groups in total. The molecule has 1 aromatic carbocycles. The highest BCUT2D eigenvalue weighted by Crippen LogP contribution is 2.31. The van der Waals surface area contributed by atoms with Crippen LogP contribution in [-0.4, -0.2) is 41.2 Å². The van der Waals surface area contributed by atoms with E-state index in [-0.39, 0.29) is 17.8 Å². The summed E-state index contributed by atoms with van der Waals surface area (Å²) < 4.78 is 15.2. The van der Waals surface area contributed by atoms with Crippen molar-refractivity contribution in [1.82, 2.24) is 14.7 Å². The molecule has 0 spiro atoms. The fourth-order valence-corrected chi connectivity index (χ4v) is 2.64. The Labute approximate surface area is 122 Å². The van der Waals surface area contributed by atoms with E-state index in [4.69, 9.17) is 0 Å². The average molecular weight is 288 g/mol. The van der Waals surface area contributed by atoms with Gasteiger partial charge in [0.05, 0.1) is 12.2 Å². The third-order valence-corrected chi connectivity index (χ3v) is 3.67. The van der Waals surface area contributed by atoms with E-state index in [0.29, 0.717) is 11.4 Å². The van der Waals surface area contributed by atoms with Gasteiger partial charge in [0, 0.05) is 20.6 Å². The van der Waals surface area contributed by atoms with Crippen molar-refractivity contribution in [2.24, 2.45) is 0 Å². The van der Waals surface area contributed by atoms with Crippen molar-refractivity contribution in [3.05, 3.63) is 47.4 Å². The van der Waals surface area contributed by atoms with Gasteiger partial charge in [-0.25, -0.2) is 9.07 Å². The van der Waals surface area contributed by atoms with E-state index >= 15 is 0 Å². The lowest BCUT2D eigenvalue weighted by Gasteiger charge is -2.27. The van der Waals surface area contributed by atoms with Gasteiger partial charge in [0.1, 0.15) is 17.2 Å². The van der Waals surface area contributed by atoms with E-state index in [1.54, 1.807) is 31.0 Å². The number of benzene rings is 1. The highest BCUT2D eigenvalue weighted by Gasteiger charge is 2.27. The van der Waals surface area contributed by atoms with Crippen LogP contribution in [0.25, 0.3) is 0 Å². The summed E-state index contributed by atoms with van der Waals surface area (Å²) in [6, 6.07) is 6.48. The zero-order chi connectivity index (χ0) is 15.0. The van der Waals surface area contributed by atoms with Crippen molar-refractivity contribution in [1.29, 1.82) is 0 Å². The summed E-state index contributed by atoms with van der Waals surface area (Å²) >= 11 is 0. The van der Waals surface area contributed by atoms with Crippen LogP contribution in [0.3, 0.4) is 0 Å². The molecular formula is C15H17FN4O. The maximum Gasteiger partial charge on any atom is 0.258 e. The molecule has 3 rings (SSSR count). The minimum atomic E-state index is -0.260. The van der Waals surface area contributed by atoms with E-state index in [1.807, 2.05) is 6.07 Å². The minimum Gasteiger partial charge on any atom is -0.369 e. The SMILES string of the molecule is CN(C)C(=O)c1cnn2c1NCCC2c1cccc(F)c1. The Kier molecular flexibility index (Phi) is 3.37. The molecule has 0 fully saturated rings. The highest BCUT2D eigenvalue weighted by molar-refractivity contribution is 5.98. The second kappa shape index (κ2) is 5.20. The molecule has 0 bridgehead atoms. The topological polar surface area (TPSA) is 50.2 Å². The molecule has 5 nitrogen and oxygen atoms in total. The molecule has 1 atom stereocenters. The second-order valence-corrected chi connectivity index (χ2v) is 5.34. The first-order valence-electron chi connectivity index (χ1n) is 6.86. The monoisotopic (exact) mass is 288 g/mol. The second-order valence-electron chi connectivity index (χ2n) is 5.34. The first-order valence-corrected chi connectivity index (χ1v) is 6.86. The van der Waals surface area contributed by atoms with Crippen molar-refractivity contribution in [2.75, 3.05) is 26.0 Å². The van der Waals surface area contributed by atoms with E-state index < -0.39 is 0 Å². The van der Waals surface area contributed by atoms with Gasteiger partial charge < -0.3 is 10.2 Å². The lowest BCUT2D eigenvalue weighted by atomic mass is 10.0. The molecule has 0 saturated carbocycles. The standard InChI is InChI=1S/C15H17FN4O/c1-19(2)15(21)12-9-18-20-13(6-7-17-14(12)20)10-4-3-5-11(16)8-10/h3-5,8-9,13,17H,6-7H2,1-2H3. The van der Waals surface area contributed by atoms with Crippen molar-refractivity contribution < 1.29 is 9.18 Å². The number of rotatable bonds is 2. The molecule has 0 aliphatic carbocycles. The van der Waals surface area contributed by atoms with Gasteiger partial charge in [0.25, 0.3) is 5.91 Å². The Morgan fingerprint density at radius 2 is 2.29 bits per heavy atom. The summed E-state index contributed by atoms with van der Waals surface area (Å²) in [6.07, 6.45) is 2.37. The number of carbonyl (C=O) groups is 1. The van der Waals surface area contributed by atoms with Gasteiger partial charge in [-0.1, -0.05) is 12.1 Å². The summed E-state index contributed by atoms with van der Waals surface area (Å²) in [4.78, 5) is 13.7. The Bertz CT molecular complexity index is 680. The Morgan fingerprint density at radius 1 is 1.48 bits per heavy atom. The van der Waals surface area contributed by atoms with Crippen molar-refractivity contribution >= 4 is 11.7 Å². The van der Waals surface area contributed by atoms with Gasteiger partial charge in [-0.2, -0.15) is 5.10 Å². The first-order chi connectivity index (χ1) is 10.1. The predicted octanol–water partition coefficient (Wildman–Crippen LogP) is 2.13. The molecule has 1 unspecified atom stereocenters. The van der Waals surface area contributed by atoms with Crippen LogP contribution in [0, 0.1) is 5.82 Å². The van der Waals surface area contributed by atoms with Gasteiger partial charge >= 0.3 is 0 Å². The van der Waals surface area contributed by atoms with E-state index in [0.717, 1.165) is 18.5 Å². The number of amides is 1. The molecule has 1 aliphatic heterocycles. The molecule has 2 heterocycles. The zero-order valence-electron chi connectivity index (χ0n) is 12.0. The van der Waals surface area contributed by atoms with Gasteiger partial charge in [0.2, 0.25) is 0 Å². The Balaban J connectivity index is 2.02. The number of aromatic nitrogens is 2. The van der Waals surface area contributed by atoms with E-state index in [2.05, 4.69) is 10.4 Å². The van der Waals surface area contributed by atoms with Crippen LogP contribution in [0.2, 0.25) is 0 Å². The fraction of sp³-hybridized carbons (Fsp3) is 0.333. The number of halogens is 1. The number of carbonyl (C=O) groups excluding carboxylic acids is 1. The third-order valence-electron chi connectivity index (χ3n) is 3.67. The molecule has 6 heteroatoms. The molecule has 2 aromatic rings. The smallest absolute Gasteiger partial charge is 0.258 e. The summed E-state index contributed by atoms with van der Waals surface area (Å²) in [5.41, 5.74) is 1.41. The predicted molar refractivity (Wildman–Crippen MR) is 77.9 cm³/mol. The van der Waals surface area contributed by atoms with Crippen LogP contribution < -0.4 is 5.32 Å². The first kappa shape index (κ1) is 13.6. The largest absolute Gasteiger partial charge is 0.369 e. The fourth-order valence-electron chi connectivity index (χ4n) is 2.64. The molecular weight excluding hydrogens is 271 g/mol. The summed E-state index contributed by atoms with van der Waals surface area (Å²) in [5, 5.41) is 7.55. The van der Waals surface area contributed by atoms with Gasteiger partial charge in [-0.3, -0.25) is 4.79 Å². The Morgan fingerprint density at radius 3 is 3.00 bits per heavy atom. The normalized spacial score (nSPS) is 17.0. The van der Waals surface area contributed by atoms with Crippen LogP contribution in [0.15, 0.2) is 30.5 Å². The quantitative estimate of drug-likeness (QED) is 0.921. The Hall–Kier alpha value is -2.37.